The Morgan fingerprint density at radius 3 is 2.46 bits per heavy atom. The Balaban J connectivity index is 1.67. The summed E-state index contributed by atoms with van der Waals surface area (Å²) in [5.74, 6) is 0.619. The van der Waals surface area contributed by atoms with Gasteiger partial charge in [-0.15, -0.1) is 11.3 Å². The van der Waals surface area contributed by atoms with Crippen molar-refractivity contribution in [3.8, 4) is 17.0 Å². The molecule has 0 aliphatic heterocycles. The van der Waals surface area contributed by atoms with Gasteiger partial charge in [0, 0.05) is 17.0 Å². The highest BCUT2D eigenvalue weighted by atomic mass is 32.1. The zero-order valence-corrected chi connectivity index (χ0v) is 17.4. The lowest BCUT2D eigenvalue weighted by atomic mass is 9.98. The maximum atomic E-state index is 12.2. The normalized spacial score (nSPS) is 11.0. The predicted octanol–water partition coefficient (Wildman–Crippen LogP) is 5.79. The van der Waals surface area contributed by atoms with Crippen LogP contribution < -0.4 is 10.1 Å². The van der Waals surface area contributed by atoms with Crippen molar-refractivity contribution in [3.05, 3.63) is 70.1 Å². The van der Waals surface area contributed by atoms with Gasteiger partial charge < -0.3 is 4.74 Å². The van der Waals surface area contributed by atoms with Crippen molar-refractivity contribution >= 4 is 28.5 Å². The van der Waals surface area contributed by atoms with Gasteiger partial charge in [-0.05, 0) is 62.6 Å². The van der Waals surface area contributed by atoms with E-state index in [1.165, 1.54) is 34.1 Å². The molecule has 4 nitrogen and oxygen atoms in total. The van der Waals surface area contributed by atoms with Crippen LogP contribution in [0.25, 0.3) is 17.3 Å². The van der Waals surface area contributed by atoms with Crippen molar-refractivity contribution in [2.75, 3.05) is 11.9 Å². The second-order valence-corrected chi connectivity index (χ2v) is 7.49. The van der Waals surface area contributed by atoms with Crippen LogP contribution in [-0.4, -0.2) is 17.5 Å². The van der Waals surface area contributed by atoms with Gasteiger partial charge in [0.15, 0.2) is 5.13 Å². The topological polar surface area (TPSA) is 51.2 Å². The molecule has 0 aliphatic rings. The number of ether oxygens (including phenoxy) is 1. The number of anilines is 1. The average Bonchev–Trinajstić information content (AvgIpc) is 3.08. The molecule has 0 fully saturated rings. The highest BCUT2D eigenvalue weighted by Gasteiger charge is 2.11. The molecular weight excluding hydrogens is 368 g/mol. The standard InChI is InChI=1S/C23H24N2O2S/c1-5-27-19-9-6-18(7-10-19)8-11-21(26)25-23-24-20(14-28-23)22-16(3)12-15(2)13-17(22)4/h6-14H,5H2,1-4H3,(H,24,25,26)/b11-8+. The average molecular weight is 393 g/mol. The fraction of sp³-hybridized carbons (Fsp3) is 0.217. The van der Waals surface area contributed by atoms with Crippen LogP contribution in [0.5, 0.6) is 5.75 Å². The van der Waals surface area contributed by atoms with Crippen LogP contribution in [-0.2, 0) is 4.79 Å². The Morgan fingerprint density at radius 2 is 1.82 bits per heavy atom. The maximum absolute atomic E-state index is 12.2. The largest absolute Gasteiger partial charge is 0.494 e. The van der Waals surface area contributed by atoms with E-state index in [1.54, 1.807) is 6.08 Å². The number of aryl methyl sites for hydroxylation is 3. The minimum Gasteiger partial charge on any atom is -0.494 e. The third-order valence-corrected chi connectivity index (χ3v) is 5.04. The summed E-state index contributed by atoms with van der Waals surface area (Å²) in [7, 11) is 0. The van der Waals surface area contributed by atoms with Crippen molar-refractivity contribution in [1.82, 2.24) is 4.98 Å². The number of carbonyl (C=O) groups excluding carboxylic acids is 1. The number of aromatic nitrogens is 1. The van der Waals surface area contributed by atoms with E-state index < -0.39 is 0 Å². The molecular formula is C23H24N2O2S. The minimum absolute atomic E-state index is 0.202. The Labute approximate surface area is 169 Å². The molecule has 1 N–H and O–H groups in total. The number of carbonyl (C=O) groups is 1. The zero-order valence-electron chi connectivity index (χ0n) is 16.6. The number of nitrogens with zero attached hydrogens (tertiary/aromatic N) is 1. The van der Waals surface area contributed by atoms with Crippen LogP contribution in [0.3, 0.4) is 0 Å². The van der Waals surface area contributed by atoms with Crippen LogP contribution in [0, 0.1) is 20.8 Å². The van der Waals surface area contributed by atoms with Gasteiger partial charge in [-0.3, -0.25) is 10.1 Å². The molecule has 0 radical (unpaired) electrons. The summed E-state index contributed by atoms with van der Waals surface area (Å²) in [4.78, 5) is 16.8. The lowest BCUT2D eigenvalue weighted by Gasteiger charge is -2.08. The lowest BCUT2D eigenvalue weighted by Crippen LogP contribution is -2.07. The quantitative estimate of drug-likeness (QED) is 0.541. The van der Waals surface area contributed by atoms with E-state index in [0.29, 0.717) is 11.7 Å². The van der Waals surface area contributed by atoms with Crippen molar-refractivity contribution in [2.24, 2.45) is 0 Å². The molecule has 3 rings (SSSR count). The number of amides is 1. The molecule has 0 saturated carbocycles. The van der Waals surface area contributed by atoms with Gasteiger partial charge in [0.1, 0.15) is 5.75 Å². The molecule has 2 aromatic carbocycles. The Bertz CT molecular complexity index is 981. The molecule has 0 bridgehead atoms. The second-order valence-electron chi connectivity index (χ2n) is 6.64. The first kappa shape index (κ1) is 19.8. The van der Waals surface area contributed by atoms with Crippen molar-refractivity contribution in [1.29, 1.82) is 0 Å². The molecule has 0 saturated heterocycles. The van der Waals surface area contributed by atoms with E-state index in [-0.39, 0.29) is 5.91 Å². The number of thiazole rings is 1. The SMILES string of the molecule is CCOc1ccc(/C=C/C(=O)Nc2nc(-c3c(C)cc(C)cc3C)cs2)cc1. The van der Waals surface area contributed by atoms with Gasteiger partial charge in [-0.2, -0.15) is 0 Å². The van der Waals surface area contributed by atoms with E-state index in [4.69, 9.17) is 4.74 Å². The molecule has 0 spiro atoms. The molecule has 0 atom stereocenters. The summed E-state index contributed by atoms with van der Waals surface area (Å²) in [5, 5.41) is 5.42. The summed E-state index contributed by atoms with van der Waals surface area (Å²) in [6.45, 7) is 8.85. The van der Waals surface area contributed by atoms with Crippen molar-refractivity contribution in [3.63, 3.8) is 0 Å². The number of benzene rings is 2. The summed E-state index contributed by atoms with van der Waals surface area (Å²) in [6, 6.07) is 11.9. The van der Waals surface area contributed by atoms with Crippen molar-refractivity contribution < 1.29 is 9.53 Å². The van der Waals surface area contributed by atoms with E-state index in [0.717, 1.165) is 22.6 Å². The number of rotatable bonds is 6. The minimum atomic E-state index is -0.202. The van der Waals surface area contributed by atoms with E-state index >= 15 is 0 Å². The van der Waals surface area contributed by atoms with Gasteiger partial charge in [-0.25, -0.2) is 4.98 Å². The van der Waals surface area contributed by atoms with Crippen LogP contribution in [0.4, 0.5) is 5.13 Å². The summed E-state index contributed by atoms with van der Waals surface area (Å²) in [6.07, 6.45) is 3.28. The Hall–Kier alpha value is -2.92. The maximum Gasteiger partial charge on any atom is 0.250 e. The molecule has 0 unspecified atom stereocenters. The fourth-order valence-electron chi connectivity index (χ4n) is 3.19. The summed E-state index contributed by atoms with van der Waals surface area (Å²) >= 11 is 1.43. The molecule has 144 valence electrons. The Kier molecular flexibility index (Phi) is 6.26. The molecule has 1 amide bonds. The van der Waals surface area contributed by atoms with Crippen LogP contribution in [0.15, 0.2) is 47.9 Å². The zero-order chi connectivity index (χ0) is 20.1. The van der Waals surface area contributed by atoms with E-state index in [1.807, 2.05) is 36.6 Å². The highest BCUT2D eigenvalue weighted by Crippen LogP contribution is 2.31. The molecule has 1 aromatic heterocycles. The first-order valence-electron chi connectivity index (χ1n) is 9.22. The number of hydrogen-bond acceptors (Lipinski definition) is 4. The third kappa shape index (κ3) is 4.87. The first-order chi connectivity index (χ1) is 13.5. The van der Waals surface area contributed by atoms with Gasteiger partial charge in [-0.1, -0.05) is 29.8 Å². The van der Waals surface area contributed by atoms with Crippen LogP contribution >= 0.6 is 11.3 Å². The Morgan fingerprint density at radius 1 is 1.14 bits per heavy atom. The van der Waals surface area contributed by atoms with Gasteiger partial charge in [0.25, 0.3) is 0 Å². The highest BCUT2D eigenvalue weighted by molar-refractivity contribution is 7.14. The smallest absolute Gasteiger partial charge is 0.250 e. The third-order valence-electron chi connectivity index (χ3n) is 4.29. The molecule has 1 heterocycles. The molecule has 3 aromatic rings. The van der Waals surface area contributed by atoms with E-state index in [9.17, 15) is 4.79 Å². The fourth-order valence-corrected chi connectivity index (χ4v) is 3.90. The molecule has 28 heavy (non-hydrogen) atoms. The van der Waals surface area contributed by atoms with Crippen molar-refractivity contribution in [2.45, 2.75) is 27.7 Å². The molecule has 0 aliphatic carbocycles. The van der Waals surface area contributed by atoms with Gasteiger partial charge in [0.05, 0.1) is 12.3 Å². The lowest BCUT2D eigenvalue weighted by molar-refractivity contribution is -0.111. The van der Waals surface area contributed by atoms with Crippen LogP contribution in [0.1, 0.15) is 29.2 Å². The summed E-state index contributed by atoms with van der Waals surface area (Å²) < 4.78 is 5.42. The second kappa shape index (κ2) is 8.85. The first-order valence-corrected chi connectivity index (χ1v) is 10.1. The van der Waals surface area contributed by atoms with Crippen LogP contribution in [0.2, 0.25) is 0 Å². The van der Waals surface area contributed by atoms with Gasteiger partial charge in [0.2, 0.25) is 5.91 Å². The number of hydrogen-bond donors (Lipinski definition) is 1. The monoisotopic (exact) mass is 392 g/mol. The molecule has 5 heteroatoms. The predicted molar refractivity (Wildman–Crippen MR) is 117 cm³/mol. The van der Waals surface area contributed by atoms with Gasteiger partial charge >= 0.3 is 0 Å². The van der Waals surface area contributed by atoms with E-state index in [2.05, 4.69) is 43.2 Å². The summed E-state index contributed by atoms with van der Waals surface area (Å²) in [5.41, 5.74) is 6.58. The number of nitrogens with one attached hydrogen (secondary N) is 1.